The maximum absolute atomic E-state index is 5.88. The van der Waals surface area contributed by atoms with Gasteiger partial charge in [-0.05, 0) is 31.9 Å². The molecule has 0 saturated carbocycles. The Hall–Kier alpha value is 0.270. The highest BCUT2D eigenvalue weighted by Gasteiger charge is 2.33. The Balaban J connectivity index is 2.02. The van der Waals surface area contributed by atoms with E-state index in [-0.39, 0.29) is 0 Å². The van der Waals surface area contributed by atoms with Gasteiger partial charge in [-0.3, -0.25) is 4.90 Å². The molecule has 0 aliphatic carbocycles. The summed E-state index contributed by atoms with van der Waals surface area (Å²) in [5.41, 5.74) is 5.88. The third-order valence-electron chi connectivity index (χ3n) is 3.69. The average Bonchev–Trinajstić information content (AvgIpc) is 2.70. The number of nitrogens with zero attached hydrogens (tertiary/aromatic N) is 1. The molecule has 0 aromatic carbocycles. The minimum atomic E-state index is 0.669. The smallest absolute Gasteiger partial charge is 0.0224 e. The number of rotatable bonds is 2. The third-order valence-corrected chi connectivity index (χ3v) is 4.83. The molecule has 0 amide bonds. The van der Waals surface area contributed by atoms with Gasteiger partial charge >= 0.3 is 0 Å². The summed E-state index contributed by atoms with van der Waals surface area (Å²) in [7, 11) is 0. The van der Waals surface area contributed by atoms with Crippen molar-refractivity contribution in [3.05, 3.63) is 0 Å². The quantitative estimate of drug-likeness (QED) is 0.758. The Labute approximate surface area is 91.6 Å². The lowest BCUT2D eigenvalue weighted by atomic mass is 9.94. The van der Waals surface area contributed by atoms with Crippen LogP contribution in [-0.4, -0.2) is 41.1 Å². The summed E-state index contributed by atoms with van der Waals surface area (Å²) < 4.78 is 0. The van der Waals surface area contributed by atoms with Gasteiger partial charge in [0, 0.05) is 30.4 Å². The summed E-state index contributed by atoms with van der Waals surface area (Å²) in [4.78, 5) is 2.73. The SMILES string of the molecule is CC1CCCC(CN)N1C1CCSC1. The predicted molar refractivity (Wildman–Crippen MR) is 63.7 cm³/mol. The van der Waals surface area contributed by atoms with Gasteiger partial charge in [0.2, 0.25) is 0 Å². The van der Waals surface area contributed by atoms with Crippen molar-refractivity contribution in [2.75, 3.05) is 18.1 Å². The highest BCUT2D eigenvalue weighted by molar-refractivity contribution is 7.99. The van der Waals surface area contributed by atoms with Gasteiger partial charge in [0.15, 0.2) is 0 Å². The van der Waals surface area contributed by atoms with Gasteiger partial charge in [0.05, 0.1) is 0 Å². The minimum Gasteiger partial charge on any atom is -0.329 e. The Bertz CT molecular complexity index is 178. The zero-order chi connectivity index (χ0) is 9.97. The molecular weight excluding hydrogens is 192 g/mol. The normalized spacial score (nSPS) is 40.3. The Morgan fingerprint density at radius 2 is 2.21 bits per heavy atom. The van der Waals surface area contributed by atoms with Crippen molar-refractivity contribution in [2.24, 2.45) is 5.73 Å². The second-order valence-electron chi connectivity index (χ2n) is 4.63. The summed E-state index contributed by atoms with van der Waals surface area (Å²) in [6, 6.07) is 2.26. The zero-order valence-electron chi connectivity index (χ0n) is 9.11. The van der Waals surface area contributed by atoms with Gasteiger partial charge in [-0.2, -0.15) is 11.8 Å². The molecule has 2 fully saturated rings. The molecule has 3 atom stereocenters. The summed E-state index contributed by atoms with van der Waals surface area (Å²) >= 11 is 2.11. The molecule has 0 bridgehead atoms. The van der Waals surface area contributed by atoms with E-state index in [1.165, 1.54) is 37.2 Å². The van der Waals surface area contributed by atoms with Crippen molar-refractivity contribution in [3.8, 4) is 0 Å². The average molecular weight is 214 g/mol. The second kappa shape index (κ2) is 4.86. The van der Waals surface area contributed by atoms with Crippen molar-refractivity contribution >= 4 is 11.8 Å². The molecule has 2 nitrogen and oxygen atoms in total. The first-order chi connectivity index (χ1) is 6.83. The number of piperidine rings is 1. The predicted octanol–water partition coefficient (Wildman–Crippen LogP) is 1.69. The first-order valence-electron chi connectivity index (χ1n) is 5.88. The number of likely N-dealkylation sites (tertiary alicyclic amines) is 1. The lowest BCUT2D eigenvalue weighted by Crippen LogP contribution is -2.53. The van der Waals surface area contributed by atoms with E-state index < -0.39 is 0 Å². The van der Waals surface area contributed by atoms with Crippen LogP contribution < -0.4 is 5.73 Å². The molecule has 2 aliphatic heterocycles. The van der Waals surface area contributed by atoms with Crippen LogP contribution in [0.5, 0.6) is 0 Å². The van der Waals surface area contributed by atoms with Crippen LogP contribution in [0.15, 0.2) is 0 Å². The second-order valence-corrected chi connectivity index (χ2v) is 5.78. The van der Waals surface area contributed by atoms with E-state index in [2.05, 4.69) is 23.6 Å². The number of hydrogen-bond donors (Lipinski definition) is 1. The van der Waals surface area contributed by atoms with E-state index in [4.69, 9.17) is 5.73 Å². The van der Waals surface area contributed by atoms with Gasteiger partial charge in [0.25, 0.3) is 0 Å². The van der Waals surface area contributed by atoms with E-state index in [1.54, 1.807) is 0 Å². The van der Waals surface area contributed by atoms with E-state index >= 15 is 0 Å². The molecule has 0 radical (unpaired) electrons. The number of hydrogen-bond acceptors (Lipinski definition) is 3. The van der Waals surface area contributed by atoms with Gasteiger partial charge in [0.1, 0.15) is 0 Å². The highest BCUT2D eigenvalue weighted by atomic mass is 32.2. The minimum absolute atomic E-state index is 0.669. The molecule has 2 heterocycles. The summed E-state index contributed by atoms with van der Waals surface area (Å²) in [5.74, 6) is 2.69. The Morgan fingerprint density at radius 3 is 2.86 bits per heavy atom. The van der Waals surface area contributed by atoms with Crippen LogP contribution >= 0.6 is 11.8 Å². The van der Waals surface area contributed by atoms with Crippen molar-refractivity contribution < 1.29 is 0 Å². The van der Waals surface area contributed by atoms with Crippen LogP contribution in [0.25, 0.3) is 0 Å². The van der Waals surface area contributed by atoms with Crippen molar-refractivity contribution in [1.82, 2.24) is 4.90 Å². The first kappa shape index (κ1) is 10.8. The standard InChI is InChI=1S/C11H22N2S/c1-9-3-2-4-10(7-12)13(9)11-5-6-14-8-11/h9-11H,2-8,12H2,1H3. The van der Waals surface area contributed by atoms with Crippen LogP contribution in [0.3, 0.4) is 0 Å². The Morgan fingerprint density at radius 1 is 1.36 bits per heavy atom. The van der Waals surface area contributed by atoms with Crippen molar-refractivity contribution in [1.29, 1.82) is 0 Å². The van der Waals surface area contributed by atoms with Crippen LogP contribution in [0.2, 0.25) is 0 Å². The molecule has 0 spiro atoms. The molecule has 0 aromatic rings. The molecule has 2 N–H and O–H groups in total. The molecule has 2 aliphatic rings. The largest absolute Gasteiger partial charge is 0.329 e. The fourth-order valence-corrected chi connectivity index (χ4v) is 4.18. The lowest BCUT2D eigenvalue weighted by molar-refractivity contribution is 0.0606. The van der Waals surface area contributed by atoms with Crippen molar-refractivity contribution in [3.63, 3.8) is 0 Å². The highest BCUT2D eigenvalue weighted by Crippen LogP contribution is 2.31. The van der Waals surface area contributed by atoms with Gasteiger partial charge in [-0.25, -0.2) is 0 Å². The number of nitrogens with two attached hydrogens (primary N) is 1. The van der Waals surface area contributed by atoms with E-state index in [1.807, 2.05) is 0 Å². The Kier molecular flexibility index (Phi) is 3.74. The van der Waals surface area contributed by atoms with Gasteiger partial charge < -0.3 is 5.73 Å². The zero-order valence-corrected chi connectivity index (χ0v) is 9.93. The van der Waals surface area contributed by atoms with Crippen LogP contribution in [0.4, 0.5) is 0 Å². The van der Waals surface area contributed by atoms with Crippen LogP contribution in [0.1, 0.15) is 32.6 Å². The van der Waals surface area contributed by atoms with Crippen LogP contribution in [-0.2, 0) is 0 Å². The van der Waals surface area contributed by atoms with Crippen LogP contribution in [0, 0.1) is 0 Å². The molecular formula is C11H22N2S. The maximum atomic E-state index is 5.88. The van der Waals surface area contributed by atoms with E-state index in [0.717, 1.165) is 18.6 Å². The van der Waals surface area contributed by atoms with E-state index in [0.29, 0.717) is 6.04 Å². The molecule has 3 unspecified atom stereocenters. The fraction of sp³-hybridized carbons (Fsp3) is 1.00. The van der Waals surface area contributed by atoms with Gasteiger partial charge in [-0.15, -0.1) is 0 Å². The molecule has 82 valence electrons. The molecule has 0 aromatic heterocycles. The molecule has 2 saturated heterocycles. The topological polar surface area (TPSA) is 29.3 Å². The fourth-order valence-electron chi connectivity index (χ4n) is 2.96. The van der Waals surface area contributed by atoms with Gasteiger partial charge in [-0.1, -0.05) is 6.42 Å². The lowest BCUT2D eigenvalue weighted by Gasteiger charge is -2.44. The summed E-state index contributed by atoms with van der Waals surface area (Å²) in [5, 5.41) is 0. The van der Waals surface area contributed by atoms with Crippen molar-refractivity contribution in [2.45, 2.75) is 50.7 Å². The number of thioether (sulfide) groups is 1. The molecule has 2 rings (SSSR count). The molecule has 3 heteroatoms. The molecule has 14 heavy (non-hydrogen) atoms. The third kappa shape index (κ3) is 2.10. The monoisotopic (exact) mass is 214 g/mol. The summed E-state index contributed by atoms with van der Waals surface area (Å²) in [6.07, 6.45) is 5.45. The first-order valence-corrected chi connectivity index (χ1v) is 7.03. The maximum Gasteiger partial charge on any atom is 0.0224 e. The van der Waals surface area contributed by atoms with E-state index in [9.17, 15) is 0 Å². The summed E-state index contributed by atoms with van der Waals surface area (Å²) in [6.45, 7) is 3.23.